The molecule has 1 fully saturated rings. The average molecular weight is 533 g/mol. The number of halogens is 2. The zero-order valence-electron chi connectivity index (χ0n) is 17.4. The Balaban J connectivity index is 0.00000300. The van der Waals surface area contributed by atoms with Crippen LogP contribution in [0.15, 0.2) is 33.9 Å². The predicted molar refractivity (Wildman–Crippen MR) is 128 cm³/mol. The van der Waals surface area contributed by atoms with Crippen LogP contribution in [0.5, 0.6) is 0 Å². The van der Waals surface area contributed by atoms with Crippen molar-refractivity contribution < 1.29 is 4.42 Å². The van der Waals surface area contributed by atoms with E-state index in [9.17, 15) is 0 Å². The molecule has 0 bridgehead atoms. The monoisotopic (exact) mass is 532 g/mol. The second kappa shape index (κ2) is 10.5. The van der Waals surface area contributed by atoms with Crippen molar-refractivity contribution in [3.8, 4) is 0 Å². The van der Waals surface area contributed by atoms with Gasteiger partial charge in [-0.3, -0.25) is 0 Å². The molecule has 2 aromatic heterocycles. The summed E-state index contributed by atoms with van der Waals surface area (Å²) >= 11 is 6.28. The standard InChI is InChI=1S/C20H29ClN6O.HI/c1-5-22-19(25-12-17-24-11-16(28-17)20(2,3)4)26-14-8-10-27(13-14)18-15(21)7-6-9-23-18;/h6-7,9,11,14H,5,8,10,12-13H2,1-4H3,(H2,22,25,26);1H. The van der Waals surface area contributed by atoms with E-state index in [1.165, 1.54) is 0 Å². The minimum absolute atomic E-state index is 0. The average Bonchev–Trinajstić information content (AvgIpc) is 3.29. The van der Waals surface area contributed by atoms with Crippen molar-refractivity contribution in [1.29, 1.82) is 0 Å². The molecule has 1 atom stereocenters. The second-order valence-electron chi connectivity index (χ2n) is 7.95. The highest BCUT2D eigenvalue weighted by Crippen LogP contribution is 2.26. The first kappa shape index (κ1) is 23.7. The molecule has 0 aromatic carbocycles. The first-order chi connectivity index (χ1) is 13.4. The second-order valence-corrected chi connectivity index (χ2v) is 8.36. The van der Waals surface area contributed by atoms with Crippen LogP contribution in [0, 0.1) is 0 Å². The molecule has 3 heterocycles. The zero-order chi connectivity index (χ0) is 20.1. The maximum absolute atomic E-state index is 6.28. The Morgan fingerprint density at radius 1 is 1.38 bits per heavy atom. The highest BCUT2D eigenvalue weighted by molar-refractivity contribution is 14.0. The molecule has 7 nitrogen and oxygen atoms in total. The van der Waals surface area contributed by atoms with Gasteiger partial charge in [-0.05, 0) is 25.5 Å². The van der Waals surface area contributed by atoms with Gasteiger partial charge in [0.25, 0.3) is 0 Å². The van der Waals surface area contributed by atoms with Gasteiger partial charge < -0.3 is 20.0 Å². The summed E-state index contributed by atoms with van der Waals surface area (Å²) in [6, 6.07) is 3.99. The van der Waals surface area contributed by atoms with Crippen LogP contribution in [0.2, 0.25) is 5.02 Å². The Labute approximate surface area is 194 Å². The number of oxazole rings is 1. The molecule has 1 aliphatic heterocycles. The molecule has 9 heteroatoms. The van der Waals surface area contributed by atoms with Gasteiger partial charge in [-0.2, -0.15) is 0 Å². The number of nitrogens with zero attached hydrogens (tertiary/aromatic N) is 4. The van der Waals surface area contributed by atoms with Crippen molar-refractivity contribution in [2.75, 3.05) is 24.5 Å². The molecule has 0 aliphatic carbocycles. The molecule has 1 aliphatic rings. The van der Waals surface area contributed by atoms with Crippen LogP contribution in [0.3, 0.4) is 0 Å². The highest BCUT2D eigenvalue weighted by atomic mass is 127. The summed E-state index contributed by atoms with van der Waals surface area (Å²) in [5.74, 6) is 3.09. The summed E-state index contributed by atoms with van der Waals surface area (Å²) in [4.78, 5) is 15.6. The van der Waals surface area contributed by atoms with Crippen molar-refractivity contribution in [2.45, 2.75) is 52.1 Å². The fraction of sp³-hybridized carbons (Fsp3) is 0.550. The molecule has 29 heavy (non-hydrogen) atoms. The van der Waals surface area contributed by atoms with Crippen LogP contribution in [0.1, 0.15) is 45.8 Å². The molecule has 1 unspecified atom stereocenters. The fourth-order valence-electron chi connectivity index (χ4n) is 3.07. The Morgan fingerprint density at radius 2 is 2.17 bits per heavy atom. The molecule has 3 rings (SSSR count). The zero-order valence-corrected chi connectivity index (χ0v) is 20.5. The Morgan fingerprint density at radius 3 is 2.83 bits per heavy atom. The third-order valence-electron chi connectivity index (χ3n) is 4.58. The van der Waals surface area contributed by atoms with Gasteiger partial charge in [-0.1, -0.05) is 32.4 Å². The molecule has 0 spiro atoms. The number of hydrogen-bond acceptors (Lipinski definition) is 5. The van der Waals surface area contributed by atoms with Gasteiger partial charge in [0.1, 0.15) is 18.1 Å². The molecule has 0 radical (unpaired) electrons. The lowest BCUT2D eigenvalue weighted by Crippen LogP contribution is -2.44. The first-order valence-electron chi connectivity index (χ1n) is 9.72. The fourth-order valence-corrected chi connectivity index (χ4v) is 3.31. The predicted octanol–water partition coefficient (Wildman–Crippen LogP) is 3.97. The van der Waals surface area contributed by atoms with E-state index in [2.05, 4.69) is 58.2 Å². The number of aromatic nitrogens is 2. The van der Waals surface area contributed by atoms with Crippen LogP contribution in [0.25, 0.3) is 0 Å². The van der Waals surface area contributed by atoms with Gasteiger partial charge in [0, 0.05) is 37.3 Å². The molecule has 2 N–H and O–H groups in total. The first-order valence-corrected chi connectivity index (χ1v) is 10.1. The largest absolute Gasteiger partial charge is 0.443 e. The Kier molecular flexibility index (Phi) is 8.57. The van der Waals surface area contributed by atoms with Gasteiger partial charge >= 0.3 is 0 Å². The van der Waals surface area contributed by atoms with Gasteiger partial charge in [-0.15, -0.1) is 24.0 Å². The maximum atomic E-state index is 6.28. The number of rotatable bonds is 5. The SMILES string of the molecule is CCNC(=NCc1ncc(C(C)(C)C)o1)NC1CCN(c2ncccc2Cl)C1.I. The Hall–Kier alpha value is -1.55. The van der Waals surface area contributed by atoms with E-state index < -0.39 is 0 Å². The van der Waals surface area contributed by atoms with E-state index in [0.717, 1.165) is 43.6 Å². The van der Waals surface area contributed by atoms with Crippen molar-refractivity contribution in [3.63, 3.8) is 0 Å². The summed E-state index contributed by atoms with van der Waals surface area (Å²) < 4.78 is 5.83. The quantitative estimate of drug-likeness (QED) is 0.345. The number of anilines is 1. The normalized spacial score (nSPS) is 17.2. The lowest BCUT2D eigenvalue weighted by atomic mass is 9.94. The third-order valence-corrected chi connectivity index (χ3v) is 4.87. The lowest BCUT2D eigenvalue weighted by molar-refractivity contribution is 0.383. The van der Waals surface area contributed by atoms with Gasteiger partial charge in [0.2, 0.25) is 5.89 Å². The lowest BCUT2D eigenvalue weighted by Gasteiger charge is -2.20. The van der Waals surface area contributed by atoms with Crippen LogP contribution < -0.4 is 15.5 Å². The minimum Gasteiger partial charge on any atom is -0.443 e. The molecule has 0 amide bonds. The van der Waals surface area contributed by atoms with Crippen LogP contribution in [-0.2, 0) is 12.0 Å². The minimum atomic E-state index is -0.0578. The molecular weight excluding hydrogens is 503 g/mol. The van der Waals surface area contributed by atoms with E-state index in [-0.39, 0.29) is 35.4 Å². The van der Waals surface area contributed by atoms with E-state index in [0.29, 0.717) is 17.5 Å². The summed E-state index contributed by atoms with van der Waals surface area (Å²) in [6.45, 7) is 11.3. The van der Waals surface area contributed by atoms with Gasteiger partial charge in [-0.25, -0.2) is 15.0 Å². The summed E-state index contributed by atoms with van der Waals surface area (Å²) in [7, 11) is 0. The van der Waals surface area contributed by atoms with Gasteiger partial charge in [0.05, 0.1) is 11.2 Å². The van der Waals surface area contributed by atoms with Crippen LogP contribution in [0.4, 0.5) is 5.82 Å². The molecule has 2 aromatic rings. The van der Waals surface area contributed by atoms with E-state index >= 15 is 0 Å². The number of hydrogen-bond donors (Lipinski definition) is 2. The highest BCUT2D eigenvalue weighted by Gasteiger charge is 2.25. The van der Waals surface area contributed by atoms with Crippen molar-refractivity contribution in [2.24, 2.45) is 4.99 Å². The Bertz CT molecular complexity index is 819. The van der Waals surface area contributed by atoms with E-state index in [1.54, 1.807) is 12.4 Å². The van der Waals surface area contributed by atoms with E-state index in [1.807, 2.05) is 12.1 Å². The molecular formula is C20H30ClIN6O. The number of pyridine rings is 1. The third kappa shape index (κ3) is 6.47. The number of guanidine groups is 1. The maximum Gasteiger partial charge on any atom is 0.216 e. The summed E-state index contributed by atoms with van der Waals surface area (Å²) in [6.07, 6.45) is 4.55. The summed E-state index contributed by atoms with van der Waals surface area (Å²) in [5, 5.41) is 7.47. The number of nitrogens with one attached hydrogen (secondary N) is 2. The molecule has 1 saturated heterocycles. The number of aliphatic imine (C=N–C) groups is 1. The summed E-state index contributed by atoms with van der Waals surface area (Å²) in [5.41, 5.74) is -0.0578. The molecule has 0 saturated carbocycles. The smallest absolute Gasteiger partial charge is 0.216 e. The van der Waals surface area contributed by atoms with Crippen molar-refractivity contribution in [1.82, 2.24) is 20.6 Å². The van der Waals surface area contributed by atoms with Crippen molar-refractivity contribution in [3.05, 3.63) is 41.2 Å². The van der Waals surface area contributed by atoms with E-state index in [4.69, 9.17) is 16.0 Å². The molecule has 160 valence electrons. The van der Waals surface area contributed by atoms with Gasteiger partial charge in [0.15, 0.2) is 5.96 Å². The van der Waals surface area contributed by atoms with Crippen LogP contribution in [-0.4, -0.2) is 41.6 Å². The van der Waals surface area contributed by atoms with Crippen molar-refractivity contribution >= 4 is 47.4 Å². The van der Waals surface area contributed by atoms with Crippen LogP contribution >= 0.6 is 35.6 Å². The topological polar surface area (TPSA) is 78.6 Å².